The van der Waals surface area contributed by atoms with Crippen molar-refractivity contribution in [3.8, 4) is 0 Å². The van der Waals surface area contributed by atoms with Crippen LogP contribution in [0.4, 0.5) is 4.39 Å². The van der Waals surface area contributed by atoms with E-state index in [9.17, 15) is 19.1 Å². The molecule has 0 saturated heterocycles. The topological polar surface area (TPSA) is 78.9 Å². The van der Waals surface area contributed by atoms with E-state index in [0.717, 1.165) is 12.8 Å². The average molecular weight is 559 g/mol. The van der Waals surface area contributed by atoms with Crippen LogP contribution in [0, 0.1) is 5.82 Å². The molecule has 0 bridgehead atoms. The van der Waals surface area contributed by atoms with Crippen LogP contribution in [0.2, 0.25) is 0 Å². The van der Waals surface area contributed by atoms with Gasteiger partial charge in [-0.2, -0.15) is 0 Å². The molecule has 1 aliphatic heterocycles. The SMILES string of the molecule is C=C/C(Cl)=C\C=C(/Cl)[C@H]1[C@H](C(=O)NOCc2ccc(F)cc2)c2ccccc2C(=O)N1[C@H]1CCCC[C@@H]1O. The Hall–Kier alpha value is -2.97. The number of nitrogens with zero attached hydrogens (tertiary/aromatic N) is 1. The van der Waals surface area contributed by atoms with Gasteiger partial charge in [0.1, 0.15) is 5.82 Å². The third kappa shape index (κ3) is 6.18. The fourth-order valence-electron chi connectivity index (χ4n) is 5.07. The lowest BCUT2D eigenvalue weighted by atomic mass is 9.79. The minimum atomic E-state index is -0.939. The highest BCUT2D eigenvalue weighted by Crippen LogP contribution is 2.41. The second-order valence-corrected chi connectivity index (χ2v) is 10.2. The van der Waals surface area contributed by atoms with Gasteiger partial charge in [-0.1, -0.05) is 79.0 Å². The number of carbonyl (C=O) groups excluding carboxylic acids is 2. The second kappa shape index (κ2) is 12.7. The summed E-state index contributed by atoms with van der Waals surface area (Å²) in [6.07, 6.45) is 6.58. The van der Waals surface area contributed by atoms with E-state index in [4.69, 9.17) is 28.0 Å². The maximum absolute atomic E-state index is 13.8. The van der Waals surface area contributed by atoms with Crippen molar-refractivity contribution >= 4 is 35.0 Å². The Morgan fingerprint density at radius 2 is 1.84 bits per heavy atom. The lowest BCUT2D eigenvalue weighted by Crippen LogP contribution is -2.59. The van der Waals surface area contributed by atoms with Crippen molar-refractivity contribution in [1.82, 2.24) is 10.4 Å². The van der Waals surface area contributed by atoms with E-state index < -0.39 is 30.0 Å². The van der Waals surface area contributed by atoms with Crippen molar-refractivity contribution in [2.24, 2.45) is 0 Å². The highest BCUT2D eigenvalue weighted by molar-refractivity contribution is 6.32. The first-order valence-electron chi connectivity index (χ1n) is 12.4. The number of amides is 2. The smallest absolute Gasteiger partial charge is 0.255 e. The highest BCUT2D eigenvalue weighted by Gasteiger charge is 2.48. The van der Waals surface area contributed by atoms with E-state index in [-0.39, 0.29) is 23.4 Å². The molecule has 0 radical (unpaired) electrons. The molecule has 2 aromatic carbocycles. The molecule has 2 aliphatic rings. The van der Waals surface area contributed by atoms with Crippen molar-refractivity contribution in [3.05, 3.63) is 106 Å². The molecule has 1 aliphatic carbocycles. The number of hydrogen-bond acceptors (Lipinski definition) is 4. The number of benzene rings is 2. The van der Waals surface area contributed by atoms with Crippen LogP contribution in [-0.4, -0.2) is 40.0 Å². The van der Waals surface area contributed by atoms with E-state index in [0.29, 0.717) is 34.6 Å². The molecule has 2 amide bonds. The molecule has 0 spiro atoms. The number of halogens is 3. The van der Waals surface area contributed by atoms with E-state index in [1.54, 1.807) is 47.4 Å². The zero-order chi connectivity index (χ0) is 27.2. The summed E-state index contributed by atoms with van der Waals surface area (Å²) >= 11 is 12.9. The summed E-state index contributed by atoms with van der Waals surface area (Å²) in [5, 5.41) is 11.4. The molecule has 1 fully saturated rings. The molecule has 2 aromatic rings. The summed E-state index contributed by atoms with van der Waals surface area (Å²) in [4.78, 5) is 34.6. The first-order chi connectivity index (χ1) is 18.3. The third-order valence-corrected chi connectivity index (χ3v) is 7.54. The molecule has 4 atom stereocenters. The van der Waals surface area contributed by atoms with Crippen LogP contribution in [0.3, 0.4) is 0 Å². The summed E-state index contributed by atoms with van der Waals surface area (Å²) in [5.41, 5.74) is 4.02. The summed E-state index contributed by atoms with van der Waals surface area (Å²) in [6, 6.07) is 11.1. The predicted octanol–water partition coefficient (Wildman–Crippen LogP) is 5.72. The van der Waals surface area contributed by atoms with Crippen molar-refractivity contribution in [2.45, 2.75) is 56.4 Å². The van der Waals surface area contributed by atoms with Gasteiger partial charge in [0.05, 0.1) is 30.7 Å². The Kier molecular flexibility index (Phi) is 9.39. The number of aliphatic hydroxyl groups is 1. The normalized spacial score (nSPS) is 24.1. The van der Waals surface area contributed by atoms with Crippen LogP contribution >= 0.6 is 23.2 Å². The van der Waals surface area contributed by atoms with Crippen molar-refractivity contribution < 1.29 is 23.9 Å². The highest BCUT2D eigenvalue weighted by atomic mass is 35.5. The van der Waals surface area contributed by atoms with Crippen LogP contribution in [0.25, 0.3) is 0 Å². The number of nitrogens with one attached hydrogen (secondary N) is 1. The Morgan fingerprint density at radius 3 is 2.55 bits per heavy atom. The molecule has 0 aromatic heterocycles. The molecule has 9 heteroatoms. The number of allylic oxidation sites excluding steroid dienone is 4. The molecular formula is C29H29Cl2FN2O4. The molecule has 38 heavy (non-hydrogen) atoms. The Labute approximate surface area is 231 Å². The standard InChI is InChI=1S/C29H29Cl2FN2O4/c1-2-19(30)13-16-23(31)27-26(28(36)33-38-17-18-11-14-20(32)15-12-18)21-7-3-4-8-22(21)29(37)34(27)24-9-5-6-10-25(24)35/h2-4,7-8,11-16,24-27,35H,1,5-6,9-10,17H2,(H,33,36)/b19-13+,23-16-/t24-,25-,26+,27-/m0/s1. The first-order valence-corrected chi connectivity index (χ1v) is 13.2. The summed E-state index contributed by atoms with van der Waals surface area (Å²) < 4.78 is 13.2. The van der Waals surface area contributed by atoms with E-state index in [1.165, 1.54) is 24.3 Å². The molecule has 6 nitrogen and oxygen atoms in total. The minimum Gasteiger partial charge on any atom is -0.391 e. The molecule has 4 rings (SSSR count). The van der Waals surface area contributed by atoms with Gasteiger partial charge in [0, 0.05) is 15.6 Å². The predicted molar refractivity (Wildman–Crippen MR) is 145 cm³/mol. The fourth-order valence-corrected chi connectivity index (χ4v) is 5.43. The van der Waals surface area contributed by atoms with Gasteiger partial charge in [0.2, 0.25) is 0 Å². The molecule has 2 N–H and O–H groups in total. The molecule has 1 heterocycles. The number of fused-ring (bicyclic) bond motifs is 1. The van der Waals surface area contributed by atoms with Crippen molar-refractivity contribution in [1.29, 1.82) is 0 Å². The molecule has 200 valence electrons. The zero-order valence-electron chi connectivity index (χ0n) is 20.7. The Bertz CT molecular complexity index is 1250. The molecule has 1 saturated carbocycles. The molecule has 0 unspecified atom stereocenters. The van der Waals surface area contributed by atoms with Gasteiger partial charge in [0.15, 0.2) is 0 Å². The van der Waals surface area contributed by atoms with Gasteiger partial charge < -0.3 is 10.0 Å². The van der Waals surface area contributed by atoms with Gasteiger partial charge in [0.25, 0.3) is 11.8 Å². The minimum absolute atomic E-state index is 0.0102. The van der Waals surface area contributed by atoms with Crippen LogP contribution in [0.1, 0.15) is 53.1 Å². The van der Waals surface area contributed by atoms with Crippen molar-refractivity contribution in [2.75, 3.05) is 0 Å². The van der Waals surface area contributed by atoms with E-state index in [1.807, 2.05) is 0 Å². The fraction of sp³-hybridized carbons (Fsp3) is 0.310. The second-order valence-electron chi connectivity index (χ2n) is 9.33. The van der Waals surface area contributed by atoms with Gasteiger partial charge in [-0.3, -0.25) is 14.4 Å². The third-order valence-electron chi connectivity index (χ3n) is 6.91. The monoisotopic (exact) mass is 558 g/mol. The first kappa shape index (κ1) is 28.0. The number of hydrogen-bond donors (Lipinski definition) is 2. The van der Waals surface area contributed by atoms with Crippen LogP contribution in [-0.2, 0) is 16.2 Å². The number of carbonyl (C=O) groups is 2. The molecular weight excluding hydrogens is 530 g/mol. The summed E-state index contributed by atoms with van der Waals surface area (Å²) in [5.74, 6) is -2.14. The average Bonchev–Trinajstić information content (AvgIpc) is 2.93. The van der Waals surface area contributed by atoms with Crippen molar-refractivity contribution in [3.63, 3.8) is 0 Å². The van der Waals surface area contributed by atoms with Crippen LogP contribution in [0.15, 0.2) is 83.4 Å². The van der Waals surface area contributed by atoms with Gasteiger partial charge in [-0.25, -0.2) is 9.87 Å². The lowest BCUT2D eigenvalue weighted by Gasteiger charge is -2.47. The van der Waals surface area contributed by atoms with Crippen LogP contribution < -0.4 is 5.48 Å². The van der Waals surface area contributed by atoms with Gasteiger partial charge in [-0.05, 0) is 54.3 Å². The quantitative estimate of drug-likeness (QED) is 0.321. The van der Waals surface area contributed by atoms with E-state index >= 15 is 0 Å². The van der Waals surface area contributed by atoms with Gasteiger partial charge in [-0.15, -0.1) is 0 Å². The van der Waals surface area contributed by atoms with Gasteiger partial charge >= 0.3 is 0 Å². The Balaban J connectivity index is 1.72. The van der Waals surface area contributed by atoms with Crippen LogP contribution in [0.5, 0.6) is 0 Å². The number of aliphatic hydroxyl groups excluding tert-OH is 1. The zero-order valence-corrected chi connectivity index (χ0v) is 22.2. The van der Waals surface area contributed by atoms with E-state index in [2.05, 4.69) is 12.1 Å². The summed E-state index contributed by atoms with van der Waals surface area (Å²) in [7, 11) is 0. The largest absolute Gasteiger partial charge is 0.391 e. The lowest BCUT2D eigenvalue weighted by molar-refractivity contribution is -0.138. The summed E-state index contributed by atoms with van der Waals surface area (Å²) in [6.45, 7) is 3.64. The maximum Gasteiger partial charge on any atom is 0.255 e. The Morgan fingerprint density at radius 1 is 1.13 bits per heavy atom. The number of hydroxylamine groups is 1. The maximum atomic E-state index is 13.8. The number of rotatable bonds is 8.